The van der Waals surface area contributed by atoms with Gasteiger partial charge >= 0.3 is 0 Å². The monoisotopic (exact) mass is 278 g/mol. The molecule has 0 saturated heterocycles. The van der Waals surface area contributed by atoms with Crippen molar-refractivity contribution < 1.29 is 14.8 Å². The van der Waals surface area contributed by atoms with E-state index in [0.717, 1.165) is 0 Å². The molecule has 0 radical (unpaired) electrons. The van der Waals surface area contributed by atoms with E-state index < -0.39 is 16.4 Å². The lowest BCUT2D eigenvalue weighted by molar-refractivity contribution is -0.385. The smallest absolute Gasteiger partial charge is 0.270 e. The van der Waals surface area contributed by atoms with Crippen LogP contribution in [0.15, 0.2) is 18.2 Å². The fraction of sp³-hybridized carbons (Fsp3) is 0.500. The van der Waals surface area contributed by atoms with Gasteiger partial charge in [-0.15, -0.1) is 0 Å². The minimum atomic E-state index is -0.867. The van der Waals surface area contributed by atoms with E-state index in [2.05, 4.69) is 6.07 Å². The fourth-order valence-corrected chi connectivity index (χ4v) is 1.58. The Balaban J connectivity index is 2.85. The van der Waals surface area contributed by atoms with Crippen LogP contribution in [0.25, 0.3) is 0 Å². The quantitative estimate of drug-likeness (QED) is 0.637. The van der Waals surface area contributed by atoms with Crippen LogP contribution in [-0.4, -0.2) is 16.6 Å². The standard InChI is InChI=1S/C14H18N2O4/c1-10(17)12-8-11(16(18)19)4-5-13(12)20-7-6-14(2,3)9-15/h4-5,8,10,17H,6-7H2,1-3H3/t10-/m1/s1. The minimum absolute atomic E-state index is 0.0920. The first-order valence-corrected chi connectivity index (χ1v) is 6.27. The first-order chi connectivity index (χ1) is 9.26. The van der Waals surface area contributed by atoms with Crippen molar-refractivity contribution in [2.45, 2.75) is 33.3 Å². The lowest BCUT2D eigenvalue weighted by Crippen LogP contribution is -2.14. The van der Waals surface area contributed by atoms with Crippen LogP contribution < -0.4 is 4.74 Å². The van der Waals surface area contributed by atoms with Gasteiger partial charge in [0.25, 0.3) is 5.69 Å². The summed E-state index contributed by atoms with van der Waals surface area (Å²) in [5.74, 6) is 0.402. The number of hydrogen-bond acceptors (Lipinski definition) is 5. The maximum Gasteiger partial charge on any atom is 0.270 e. The Morgan fingerprint density at radius 3 is 2.70 bits per heavy atom. The molecule has 0 aliphatic rings. The van der Waals surface area contributed by atoms with Crippen LogP contribution in [-0.2, 0) is 0 Å². The number of aliphatic hydroxyl groups is 1. The molecule has 0 saturated carbocycles. The first kappa shape index (κ1) is 15.9. The van der Waals surface area contributed by atoms with E-state index in [1.165, 1.54) is 25.1 Å². The van der Waals surface area contributed by atoms with Gasteiger partial charge in [0.1, 0.15) is 5.75 Å². The van der Waals surface area contributed by atoms with Gasteiger partial charge in [-0.2, -0.15) is 5.26 Å². The Morgan fingerprint density at radius 2 is 2.20 bits per heavy atom. The van der Waals surface area contributed by atoms with Crippen LogP contribution in [0.5, 0.6) is 5.75 Å². The molecule has 108 valence electrons. The average Bonchev–Trinajstić information content (AvgIpc) is 2.38. The van der Waals surface area contributed by atoms with Crippen molar-refractivity contribution >= 4 is 5.69 Å². The van der Waals surface area contributed by atoms with Gasteiger partial charge < -0.3 is 9.84 Å². The van der Waals surface area contributed by atoms with Gasteiger partial charge in [-0.3, -0.25) is 10.1 Å². The molecule has 0 aliphatic carbocycles. The van der Waals surface area contributed by atoms with Crippen molar-refractivity contribution in [2.24, 2.45) is 5.41 Å². The highest BCUT2D eigenvalue weighted by Gasteiger charge is 2.19. The van der Waals surface area contributed by atoms with Gasteiger partial charge in [0, 0.05) is 17.7 Å². The van der Waals surface area contributed by atoms with Gasteiger partial charge in [0.15, 0.2) is 0 Å². The molecule has 6 heteroatoms. The van der Waals surface area contributed by atoms with Crippen LogP contribution in [0.2, 0.25) is 0 Å². The van der Waals surface area contributed by atoms with Crippen molar-refractivity contribution in [1.29, 1.82) is 5.26 Å². The van der Waals surface area contributed by atoms with Crippen LogP contribution in [0.4, 0.5) is 5.69 Å². The van der Waals surface area contributed by atoms with Crippen LogP contribution >= 0.6 is 0 Å². The highest BCUT2D eigenvalue weighted by molar-refractivity contribution is 5.44. The summed E-state index contributed by atoms with van der Waals surface area (Å²) in [6, 6.07) is 6.27. The fourth-order valence-electron chi connectivity index (χ4n) is 1.58. The number of rotatable bonds is 6. The molecule has 1 atom stereocenters. The molecule has 0 heterocycles. The van der Waals surface area contributed by atoms with Gasteiger partial charge in [-0.05, 0) is 33.3 Å². The van der Waals surface area contributed by atoms with Gasteiger partial charge in [-0.1, -0.05) is 0 Å². The molecule has 20 heavy (non-hydrogen) atoms. The predicted molar refractivity (Wildman–Crippen MR) is 73.2 cm³/mol. The van der Waals surface area contributed by atoms with E-state index in [1.807, 2.05) is 13.8 Å². The van der Waals surface area contributed by atoms with Crippen LogP contribution in [0.3, 0.4) is 0 Å². The second kappa shape index (κ2) is 6.35. The largest absolute Gasteiger partial charge is 0.493 e. The lowest BCUT2D eigenvalue weighted by atomic mass is 9.92. The number of nitro groups is 1. The van der Waals surface area contributed by atoms with Gasteiger partial charge in [0.05, 0.1) is 29.1 Å². The number of aliphatic hydroxyl groups excluding tert-OH is 1. The number of nitrogens with zero attached hydrogens (tertiary/aromatic N) is 2. The normalized spacial score (nSPS) is 12.6. The Labute approximate surface area is 117 Å². The van der Waals surface area contributed by atoms with E-state index >= 15 is 0 Å². The molecule has 0 aliphatic heterocycles. The summed E-state index contributed by atoms with van der Waals surface area (Å²) in [6.45, 7) is 5.44. The summed E-state index contributed by atoms with van der Waals surface area (Å²) >= 11 is 0. The summed E-state index contributed by atoms with van der Waals surface area (Å²) in [7, 11) is 0. The molecule has 1 rings (SSSR count). The van der Waals surface area contributed by atoms with E-state index in [-0.39, 0.29) is 5.69 Å². The summed E-state index contributed by atoms with van der Waals surface area (Å²) in [4.78, 5) is 10.2. The third kappa shape index (κ3) is 4.21. The third-order valence-electron chi connectivity index (χ3n) is 2.94. The van der Waals surface area contributed by atoms with Gasteiger partial charge in [0.2, 0.25) is 0 Å². The molecule has 6 nitrogen and oxygen atoms in total. The molecule has 0 fully saturated rings. The van der Waals surface area contributed by atoms with Gasteiger partial charge in [-0.25, -0.2) is 0 Å². The van der Waals surface area contributed by atoms with E-state index in [0.29, 0.717) is 24.3 Å². The Bertz CT molecular complexity index is 532. The molecule has 1 aromatic carbocycles. The second-order valence-corrected chi connectivity index (χ2v) is 5.25. The number of benzene rings is 1. The molecule has 0 bridgehead atoms. The minimum Gasteiger partial charge on any atom is -0.493 e. The molecule has 1 N–H and O–H groups in total. The maximum absolute atomic E-state index is 10.7. The highest BCUT2D eigenvalue weighted by Crippen LogP contribution is 2.30. The number of ether oxygens (including phenoxy) is 1. The topological polar surface area (TPSA) is 96.4 Å². The van der Waals surface area contributed by atoms with Crippen molar-refractivity contribution in [3.8, 4) is 11.8 Å². The predicted octanol–water partition coefficient (Wildman–Crippen LogP) is 2.97. The molecule has 0 unspecified atom stereocenters. The number of non-ortho nitro benzene ring substituents is 1. The molecule has 0 spiro atoms. The molecular formula is C14H18N2O4. The van der Waals surface area contributed by atoms with Crippen molar-refractivity contribution in [3.63, 3.8) is 0 Å². The van der Waals surface area contributed by atoms with Crippen LogP contribution in [0.1, 0.15) is 38.9 Å². The third-order valence-corrected chi connectivity index (χ3v) is 2.94. The summed E-state index contributed by atoms with van der Waals surface area (Å²) in [5, 5.41) is 29.3. The molecule has 1 aromatic rings. The van der Waals surface area contributed by atoms with Crippen molar-refractivity contribution in [3.05, 3.63) is 33.9 Å². The zero-order valence-corrected chi connectivity index (χ0v) is 11.8. The SMILES string of the molecule is C[C@@H](O)c1cc([N+](=O)[O-])ccc1OCCC(C)(C)C#N. The van der Waals surface area contributed by atoms with E-state index in [9.17, 15) is 15.2 Å². The molecule has 0 aromatic heterocycles. The number of nitro benzene ring substituents is 1. The first-order valence-electron chi connectivity index (χ1n) is 6.27. The zero-order chi connectivity index (χ0) is 15.3. The summed E-state index contributed by atoms with van der Waals surface area (Å²) in [5.41, 5.74) is -0.217. The van der Waals surface area contributed by atoms with Crippen molar-refractivity contribution in [1.82, 2.24) is 0 Å². The Kier molecular flexibility index (Phi) is 5.06. The Hall–Kier alpha value is -2.13. The number of nitriles is 1. The maximum atomic E-state index is 10.7. The number of hydrogen-bond donors (Lipinski definition) is 1. The second-order valence-electron chi connectivity index (χ2n) is 5.25. The summed E-state index contributed by atoms with van der Waals surface area (Å²) < 4.78 is 5.54. The van der Waals surface area contributed by atoms with Crippen LogP contribution in [0, 0.1) is 26.9 Å². The van der Waals surface area contributed by atoms with E-state index in [1.54, 1.807) is 0 Å². The van der Waals surface area contributed by atoms with Crippen molar-refractivity contribution in [2.75, 3.05) is 6.61 Å². The lowest BCUT2D eigenvalue weighted by Gasteiger charge is -2.17. The summed E-state index contributed by atoms with van der Waals surface area (Å²) in [6.07, 6.45) is -0.339. The average molecular weight is 278 g/mol. The molecule has 0 amide bonds. The highest BCUT2D eigenvalue weighted by atomic mass is 16.6. The zero-order valence-electron chi connectivity index (χ0n) is 11.8. The Morgan fingerprint density at radius 1 is 1.55 bits per heavy atom. The van der Waals surface area contributed by atoms with E-state index in [4.69, 9.17) is 10.00 Å². The molecular weight excluding hydrogens is 260 g/mol.